The topological polar surface area (TPSA) is 182 Å². The van der Waals surface area contributed by atoms with Crippen LogP contribution in [0.15, 0.2) is 35.9 Å². The molecular formula is C73H128O16Si4. The minimum atomic E-state index is -2.53. The van der Waals surface area contributed by atoms with Crippen molar-refractivity contribution in [2.75, 3.05) is 26.9 Å². The molecule has 1 aromatic rings. The Morgan fingerprint density at radius 1 is 0.667 bits per heavy atom. The number of rotatable bonds is 33. The molecule has 4 aliphatic carbocycles. The van der Waals surface area contributed by atoms with Crippen LogP contribution in [0.2, 0.25) is 72.5 Å². The summed E-state index contributed by atoms with van der Waals surface area (Å²) in [6, 6.07) is 14.3. The van der Waals surface area contributed by atoms with Crippen molar-refractivity contribution in [2.45, 2.75) is 334 Å². The van der Waals surface area contributed by atoms with Gasteiger partial charge in [0.05, 0.1) is 56.7 Å². The molecular weight excluding hydrogens is 1250 g/mol. The van der Waals surface area contributed by atoms with Crippen LogP contribution >= 0.6 is 0 Å². The van der Waals surface area contributed by atoms with Crippen LogP contribution in [0.1, 0.15) is 205 Å². The van der Waals surface area contributed by atoms with Gasteiger partial charge >= 0.3 is 17.9 Å². The minimum Gasteiger partial charge on any atom is -0.497 e. The lowest BCUT2D eigenvalue weighted by atomic mass is 9.46. The number of esters is 3. The summed E-state index contributed by atoms with van der Waals surface area (Å²) in [6.45, 7) is 41.6. The smallest absolute Gasteiger partial charge is 0.338 e. The molecule has 2 saturated heterocycles. The monoisotopic (exact) mass is 1370 g/mol. The number of carbonyl (C=O) groups is 3. The van der Waals surface area contributed by atoms with Crippen molar-refractivity contribution >= 4 is 51.2 Å². The minimum absolute atomic E-state index is 0.0239. The lowest BCUT2D eigenvalue weighted by Crippen LogP contribution is -2.66. The fraction of sp³-hybridized carbons (Fsp3) is 0.849. The molecule has 0 unspecified atom stereocenters. The summed E-state index contributed by atoms with van der Waals surface area (Å²) in [5.41, 5.74) is -0.785. The highest BCUT2D eigenvalue weighted by molar-refractivity contribution is 6.75. The number of ether oxygens (including phenoxy) is 8. The van der Waals surface area contributed by atoms with Gasteiger partial charge in [-0.05, 0) is 178 Å². The van der Waals surface area contributed by atoms with Gasteiger partial charge in [0.15, 0.2) is 58.1 Å². The predicted molar refractivity (Wildman–Crippen MR) is 376 cm³/mol. The third kappa shape index (κ3) is 16.6. The van der Waals surface area contributed by atoms with E-state index in [0.29, 0.717) is 30.1 Å². The van der Waals surface area contributed by atoms with Crippen LogP contribution in [0.25, 0.3) is 0 Å². The van der Waals surface area contributed by atoms with Gasteiger partial charge in [0, 0.05) is 18.4 Å². The first-order valence-corrected chi connectivity index (χ1v) is 47.4. The number of fused-ring (bicyclic) bond motifs is 5. The Balaban J connectivity index is 1.32. The second-order valence-corrected chi connectivity index (χ2v) is 49.7. The van der Waals surface area contributed by atoms with Crippen LogP contribution in [0.4, 0.5) is 0 Å². The molecule has 1 aromatic carbocycles. The maximum atomic E-state index is 14.9. The van der Waals surface area contributed by atoms with E-state index in [2.05, 4.69) is 123 Å². The van der Waals surface area contributed by atoms with Gasteiger partial charge in [-0.25, -0.2) is 4.79 Å². The van der Waals surface area contributed by atoms with Gasteiger partial charge < -0.3 is 60.7 Å². The molecule has 2 aliphatic heterocycles. The SMILES string of the molecule is CCCCCCCOC(=O)[C@@H](C)[C@@]1(O)[C@@H](O[C@@H]2OC[C@H](O[Si](CC)(CC)CC)[C@H](O[C@@H]3OC[C@@H](O[Si](CC)(CC)CC)[C@H](O[Si](CC)(CC)CC)[C@H]3OC(=O)c3ccc(OC)cc3)[C@H]2OC(C)=O)C[C@H]2[C@@H]3CC=C4C[C@@H](O[Si](C)(C)C(C)(C)C)CC[C@]4(C)[C@H]3CC[C@@]21C. The van der Waals surface area contributed by atoms with Crippen molar-refractivity contribution in [2.24, 2.45) is 34.5 Å². The maximum absolute atomic E-state index is 14.9. The number of hydrogen-bond acceptors (Lipinski definition) is 16. The van der Waals surface area contributed by atoms with E-state index >= 15 is 0 Å². The highest BCUT2D eigenvalue weighted by Crippen LogP contribution is 2.69. The summed E-state index contributed by atoms with van der Waals surface area (Å²) >= 11 is 0. The van der Waals surface area contributed by atoms with Crippen LogP contribution in [0.3, 0.4) is 0 Å². The lowest BCUT2D eigenvalue weighted by Gasteiger charge is -2.59. The van der Waals surface area contributed by atoms with Gasteiger partial charge in [-0.15, -0.1) is 0 Å². The quantitative estimate of drug-likeness (QED) is 0.0230. The summed E-state index contributed by atoms with van der Waals surface area (Å²) in [4.78, 5) is 43.7. The number of methoxy groups -OCH3 is 1. The highest BCUT2D eigenvalue weighted by Gasteiger charge is 2.71. The fourth-order valence-electron chi connectivity index (χ4n) is 17.3. The van der Waals surface area contributed by atoms with Gasteiger partial charge in [0.25, 0.3) is 0 Å². The van der Waals surface area contributed by atoms with Crippen LogP contribution < -0.4 is 4.74 Å². The van der Waals surface area contributed by atoms with E-state index in [0.717, 1.165) is 119 Å². The molecule has 20 heteroatoms. The number of benzene rings is 1. The molecule has 1 N–H and O–H groups in total. The zero-order chi connectivity index (χ0) is 68.5. The molecule has 0 amide bonds. The van der Waals surface area contributed by atoms with E-state index in [1.165, 1.54) is 12.5 Å². The maximum Gasteiger partial charge on any atom is 0.338 e. The average molecular weight is 1370 g/mol. The van der Waals surface area contributed by atoms with Gasteiger partial charge in [0.2, 0.25) is 0 Å². The van der Waals surface area contributed by atoms with Gasteiger partial charge in [-0.2, -0.15) is 0 Å². The number of aliphatic hydroxyl groups is 1. The van der Waals surface area contributed by atoms with Crippen LogP contribution in [-0.2, 0) is 60.5 Å². The molecule has 7 rings (SSSR count). The molecule has 3 saturated carbocycles. The molecule has 5 fully saturated rings. The summed E-state index contributed by atoms with van der Waals surface area (Å²) in [6.07, 6.45) is 4.08. The van der Waals surface area contributed by atoms with E-state index in [-0.39, 0.29) is 48.2 Å². The largest absolute Gasteiger partial charge is 0.497 e. The molecule has 0 spiro atoms. The third-order valence-electron chi connectivity index (χ3n) is 25.3. The zero-order valence-electron chi connectivity index (χ0n) is 61.5. The Labute approximate surface area is 566 Å². The molecule has 0 aromatic heterocycles. The first-order chi connectivity index (χ1) is 44.0. The van der Waals surface area contributed by atoms with E-state index < -0.39 is 123 Å². The number of allylic oxidation sites excluding steroid dienone is 1. The van der Waals surface area contributed by atoms with Crippen molar-refractivity contribution in [3.8, 4) is 5.75 Å². The zero-order valence-corrected chi connectivity index (χ0v) is 65.5. The van der Waals surface area contributed by atoms with Gasteiger partial charge in [-0.1, -0.05) is 141 Å². The lowest BCUT2D eigenvalue weighted by molar-refractivity contribution is -0.342. The Morgan fingerprint density at radius 3 is 1.74 bits per heavy atom. The molecule has 0 radical (unpaired) electrons. The Bertz CT molecular complexity index is 2560. The van der Waals surface area contributed by atoms with Crippen molar-refractivity contribution in [3.63, 3.8) is 0 Å². The molecule has 0 bridgehead atoms. The highest BCUT2D eigenvalue weighted by atomic mass is 28.4. The predicted octanol–water partition coefficient (Wildman–Crippen LogP) is 16.7. The molecule has 532 valence electrons. The van der Waals surface area contributed by atoms with Crippen molar-refractivity contribution in [1.82, 2.24) is 0 Å². The van der Waals surface area contributed by atoms with Crippen LogP contribution in [0, 0.1) is 34.5 Å². The molecule has 16 nitrogen and oxygen atoms in total. The first-order valence-electron chi connectivity index (χ1n) is 36.9. The van der Waals surface area contributed by atoms with E-state index in [1.54, 1.807) is 31.4 Å². The normalized spacial score (nSPS) is 33.0. The third-order valence-corrected chi connectivity index (χ3v) is 43.8. The number of carbonyl (C=O) groups excluding carboxylic acids is 3. The molecule has 2 heterocycles. The van der Waals surface area contributed by atoms with Crippen molar-refractivity contribution < 1.29 is 75.1 Å². The van der Waals surface area contributed by atoms with Gasteiger partial charge in [-0.3, -0.25) is 9.59 Å². The summed E-state index contributed by atoms with van der Waals surface area (Å²) in [5, 5.41) is 14.4. The summed E-state index contributed by atoms with van der Waals surface area (Å²) in [5.74, 6) is -1.59. The van der Waals surface area contributed by atoms with E-state index in [1.807, 2.05) is 6.92 Å². The second kappa shape index (κ2) is 32.8. The fourth-order valence-corrected chi connectivity index (χ4v) is 27.2. The van der Waals surface area contributed by atoms with E-state index in [4.69, 9.17) is 55.6 Å². The van der Waals surface area contributed by atoms with Crippen LogP contribution in [-0.4, -0.2) is 150 Å². The Kier molecular flexibility index (Phi) is 27.5. The Hall–Kier alpha value is -2.32. The van der Waals surface area contributed by atoms with Crippen LogP contribution in [0.5, 0.6) is 5.75 Å². The average Bonchev–Trinajstić information content (AvgIpc) is 1.58. The molecule has 93 heavy (non-hydrogen) atoms. The number of hydrogen-bond donors (Lipinski definition) is 1. The molecule has 6 aliphatic rings. The van der Waals surface area contributed by atoms with Gasteiger partial charge in [0.1, 0.15) is 23.6 Å². The standard InChI is InChI=1S/C73H128O16Si4/c1-21-31-32-33-34-45-79-66(75)50(11)73(77)61(47-58-56-40-37-53-46-55(86-90(19,20)70(13,14)15)41-43-71(53,16)57(56)42-44-72(58,73)17)83-68-64(82-51(12)74)62(59(48-80-68)87-91(22-2,23-3)24-4)85-69-65(84-67(76)52-35-38-54(78-18)39-36-52)63(89-93(28-8,29-9)30-10)60(49-81-69)88-92(25-5,26-6)27-7/h35-39,50,55-65,68-69,77H,21-34,40-49H2,1-20H3/t50-,55+,56-,57+,58+,59+,60-,61+,62+,63+,64-,65-,68+,69+,71+,72+,73-/m1/s1. The van der Waals surface area contributed by atoms with E-state index in [9.17, 15) is 19.5 Å². The molecule has 17 atom stereocenters. The number of unbranched alkanes of at least 4 members (excludes halogenated alkanes) is 4. The first kappa shape index (κ1) is 78.0. The van der Waals surface area contributed by atoms with Crippen molar-refractivity contribution in [3.05, 3.63) is 41.5 Å². The summed E-state index contributed by atoms with van der Waals surface area (Å²) in [7, 11) is -7.84. The van der Waals surface area contributed by atoms with Crippen molar-refractivity contribution in [1.29, 1.82) is 0 Å². The summed E-state index contributed by atoms with van der Waals surface area (Å²) < 4.78 is 83.5. The second-order valence-electron chi connectivity index (χ2n) is 30.8. The Morgan fingerprint density at radius 2 is 1.20 bits per heavy atom.